The molecule has 10 nitrogen and oxygen atoms in total. The minimum atomic E-state index is -1.06. The van der Waals surface area contributed by atoms with E-state index in [1.807, 2.05) is 10.7 Å². The molecule has 1 aliphatic carbocycles. The Morgan fingerprint density at radius 3 is 2.71 bits per heavy atom. The fraction of sp³-hybridized carbons (Fsp3) is 0.320. The molecule has 2 aliphatic rings. The maximum absolute atomic E-state index is 11.1. The number of aromatic carboxylic acids is 1. The van der Waals surface area contributed by atoms with Gasteiger partial charge in [-0.2, -0.15) is 10.1 Å². The fourth-order valence-electron chi connectivity index (χ4n) is 4.18. The highest BCUT2D eigenvalue weighted by atomic mass is 16.5. The predicted molar refractivity (Wildman–Crippen MR) is 131 cm³/mol. The van der Waals surface area contributed by atoms with Gasteiger partial charge in [-0.25, -0.2) is 14.8 Å². The van der Waals surface area contributed by atoms with Crippen LogP contribution in [0.5, 0.6) is 0 Å². The summed E-state index contributed by atoms with van der Waals surface area (Å²) in [6.07, 6.45) is 6.17. The van der Waals surface area contributed by atoms with Crippen molar-refractivity contribution < 1.29 is 14.6 Å². The first kappa shape index (κ1) is 21.5. The molecule has 4 aromatic rings. The summed E-state index contributed by atoms with van der Waals surface area (Å²) in [5, 5.41) is 18.2. The molecule has 1 saturated carbocycles. The van der Waals surface area contributed by atoms with Gasteiger partial charge in [-0.1, -0.05) is 12.1 Å². The lowest BCUT2D eigenvalue weighted by Gasteiger charge is -2.27. The largest absolute Gasteiger partial charge is 0.477 e. The summed E-state index contributed by atoms with van der Waals surface area (Å²) in [7, 11) is 0. The van der Waals surface area contributed by atoms with Gasteiger partial charge >= 0.3 is 5.97 Å². The van der Waals surface area contributed by atoms with Gasteiger partial charge in [0.2, 0.25) is 5.95 Å². The zero-order chi connectivity index (χ0) is 23.8. The molecule has 1 aliphatic heterocycles. The SMILES string of the molecule is O=C(O)c1ccc(Nc2cc(-c3ccc4cn(CC5CC5)nc4c3)nc(N3CCOCC3)n2)cn1. The van der Waals surface area contributed by atoms with Gasteiger partial charge in [0.05, 0.1) is 36.3 Å². The minimum Gasteiger partial charge on any atom is -0.477 e. The molecule has 4 heterocycles. The van der Waals surface area contributed by atoms with E-state index in [9.17, 15) is 4.79 Å². The first-order chi connectivity index (χ1) is 17.1. The van der Waals surface area contributed by atoms with Crippen LogP contribution in [-0.4, -0.2) is 62.1 Å². The van der Waals surface area contributed by atoms with Gasteiger partial charge in [0, 0.05) is 42.8 Å². The molecule has 35 heavy (non-hydrogen) atoms. The number of carbonyl (C=O) groups is 1. The Kier molecular flexibility index (Phi) is 5.49. The highest BCUT2D eigenvalue weighted by molar-refractivity contribution is 5.86. The molecule has 0 bridgehead atoms. The van der Waals surface area contributed by atoms with Crippen LogP contribution >= 0.6 is 0 Å². The van der Waals surface area contributed by atoms with Gasteiger partial charge in [0.1, 0.15) is 11.5 Å². The number of nitrogens with one attached hydrogen (secondary N) is 1. The lowest BCUT2D eigenvalue weighted by atomic mass is 10.1. The average Bonchev–Trinajstić information content (AvgIpc) is 3.60. The third kappa shape index (κ3) is 4.78. The number of benzene rings is 1. The highest BCUT2D eigenvalue weighted by Gasteiger charge is 2.22. The Bertz CT molecular complexity index is 1380. The van der Waals surface area contributed by atoms with Crippen LogP contribution in [0.25, 0.3) is 22.2 Å². The number of nitrogens with zero attached hydrogens (tertiary/aromatic N) is 6. The van der Waals surface area contributed by atoms with Crippen LogP contribution < -0.4 is 10.2 Å². The van der Waals surface area contributed by atoms with Gasteiger partial charge < -0.3 is 20.1 Å². The fourth-order valence-corrected chi connectivity index (χ4v) is 4.18. The molecule has 0 spiro atoms. The maximum atomic E-state index is 11.1. The number of rotatable bonds is 7. The number of anilines is 3. The van der Waals surface area contributed by atoms with Crippen molar-refractivity contribution in [3.63, 3.8) is 0 Å². The van der Waals surface area contributed by atoms with E-state index in [1.165, 1.54) is 25.1 Å². The highest BCUT2D eigenvalue weighted by Crippen LogP contribution is 2.32. The Labute approximate surface area is 201 Å². The smallest absolute Gasteiger partial charge is 0.354 e. The van der Waals surface area contributed by atoms with Crippen molar-refractivity contribution in [2.24, 2.45) is 5.92 Å². The summed E-state index contributed by atoms with van der Waals surface area (Å²) < 4.78 is 7.54. The average molecular weight is 472 g/mol. The number of aromatic nitrogens is 5. The molecule has 0 amide bonds. The molecule has 0 unspecified atom stereocenters. The van der Waals surface area contributed by atoms with Crippen LogP contribution in [0.3, 0.4) is 0 Å². The van der Waals surface area contributed by atoms with Crippen molar-refractivity contribution in [2.75, 3.05) is 36.5 Å². The standard InChI is InChI=1S/C25H25N7O3/c33-24(34)20-6-5-19(13-26-20)27-23-12-21(28-25(29-23)31-7-9-35-10-8-31)17-3-4-18-15-32(14-16-1-2-16)30-22(18)11-17/h3-6,11-13,15-16H,1-2,7-10,14H2,(H,33,34)(H,27,28,29). The Balaban J connectivity index is 1.34. The predicted octanol–water partition coefficient (Wildman–Crippen LogP) is 3.58. The normalized spacial score (nSPS) is 15.9. The topological polar surface area (TPSA) is 118 Å². The van der Waals surface area contributed by atoms with Crippen LogP contribution in [-0.2, 0) is 11.3 Å². The van der Waals surface area contributed by atoms with Crippen molar-refractivity contribution in [1.82, 2.24) is 24.7 Å². The van der Waals surface area contributed by atoms with Crippen molar-refractivity contribution >= 4 is 34.3 Å². The van der Waals surface area contributed by atoms with E-state index >= 15 is 0 Å². The lowest BCUT2D eigenvalue weighted by molar-refractivity contribution is 0.0690. The van der Waals surface area contributed by atoms with Gasteiger partial charge in [-0.3, -0.25) is 4.68 Å². The molecule has 3 aromatic heterocycles. The number of hydrogen-bond acceptors (Lipinski definition) is 8. The quantitative estimate of drug-likeness (QED) is 0.417. The molecule has 178 valence electrons. The molecule has 6 rings (SSSR count). The second-order valence-corrected chi connectivity index (χ2v) is 8.97. The van der Waals surface area contributed by atoms with Crippen LogP contribution in [0.15, 0.2) is 48.8 Å². The summed E-state index contributed by atoms with van der Waals surface area (Å²) in [6, 6.07) is 11.2. The third-order valence-electron chi connectivity index (χ3n) is 6.26. The van der Waals surface area contributed by atoms with Crippen molar-refractivity contribution in [3.8, 4) is 11.3 Å². The second-order valence-electron chi connectivity index (χ2n) is 8.97. The summed E-state index contributed by atoms with van der Waals surface area (Å²) in [6.45, 7) is 3.65. The van der Waals surface area contributed by atoms with E-state index in [0.29, 0.717) is 43.8 Å². The zero-order valence-electron chi connectivity index (χ0n) is 19.1. The molecule has 0 radical (unpaired) electrons. The zero-order valence-corrected chi connectivity index (χ0v) is 19.1. The lowest BCUT2D eigenvalue weighted by Crippen LogP contribution is -2.37. The monoisotopic (exact) mass is 471 g/mol. The summed E-state index contributed by atoms with van der Waals surface area (Å²) in [4.78, 5) is 26.8. The molecular weight excluding hydrogens is 446 g/mol. The first-order valence-electron chi connectivity index (χ1n) is 11.8. The maximum Gasteiger partial charge on any atom is 0.354 e. The number of ether oxygens (including phenoxy) is 1. The molecule has 0 atom stereocenters. The Morgan fingerprint density at radius 2 is 1.97 bits per heavy atom. The number of hydrogen-bond donors (Lipinski definition) is 2. The number of pyridine rings is 1. The van der Waals surface area contributed by atoms with E-state index in [0.717, 1.165) is 34.6 Å². The van der Waals surface area contributed by atoms with E-state index in [-0.39, 0.29) is 5.69 Å². The first-order valence-corrected chi connectivity index (χ1v) is 11.8. The van der Waals surface area contributed by atoms with Crippen LogP contribution in [0, 0.1) is 5.92 Å². The molecule has 1 saturated heterocycles. The van der Waals surface area contributed by atoms with E-state index in [2.05, 4.69) is 39.6 Å². The number of fused-ring (bicyclic) bond motifs is 1. The van der Waals surface area contributed by atoms with E-state index in [4.69, 9.17) is 24.9 Å². The van der Waals surface area contributed by atoms with E-state index in [1.54, 1.807) is 6.07 Å². The minimum absolute atomic E-state index is 0.0117. The Hall–Kier alpha value is -4.05. The van der Waals surface area contributed by atoms with E-state index < -0.39 is 5.97 Å². The summed E-state index contributed by atoms with van der Waals surface area (Å²) in [5.41, 5.74) is 3.30. The summed E-state index contributed by atoms with van der Waals surface area (Å²) in [5.74, 6) is 0.906. The molecule has 1 aromatic carbocycles. The van der Waals surface area contributed by atoms with Gasteiger partial charge in [-0.05, 0) is 37.0 Å². The van der Waals surface area contributed by atoms with Gasteiger partial charge in [0.15, 0.2) is 0 Å². The second kappa shape index (κ2) is 8.95. The van der Waals surface area contributed by atoms with Crippen molar-refractivity contribution in [2.45, 2.75) is 19.4 Å². The molecule has 2 fully saturated rings. The molecular formula is C25H25N7O3. The van der Waals surface area contributed by atoms with Gasteiger partial charge in [-0.15, -0.1) is 0 Å². The van der Waals surface area contributed by atoms with Gasteiger partial charge in [0.25, 0.3) is 0 Å². The van der Waals surface area contributed by atoms with Crippen LogP contribution in [0.2, 0.25) is 0 Å². The Morgan fingerprint density at radius 1 is 1.11 bits per heavy atom. The van der Waals surface area contributed by atoms with Crippen LogP contribution in [0.1, 0.15) is 23.3 Å². The molecule has 2 N–H and O–H groups in total. The van der Waals surface area contributed by atoms with Crippen LogP contribution in [0.4, 0.5) is 17.5 Å². The van der Waals surface area contributed by atoms with Crippen molar-refractivity contribution in [1.29, 1.82) is 0 Å². The molecule has 10 heteroatoms. The number of morpholine rings is 1. The van der Waals surface area contributed by atoms with Crippen molar-refractivity contribution in [3.05, 3.63) is 54.5 Å². The number of carboxylic acid groups (broad SMARTS) is 1. The third-order valence-corrected chi connectivity index (χ3v) is 6.26. The summed E-state index contributed by atoms with van der Waals surface area (Å²) >= 11 is 0. The number of carboxylic acids is 1.